The van der Waals surface area contributed by atoms with E-state index in [1.165, 1.54) is 28.6 Å². The molecule has 0 amide bonds. The Morgan fingerprint density at radius 3 is 2.41 bits per heavy atom. The van der Waals surface area contributed by atoms with Gasteiger partial charge in [0.15, 0.2) is 0 Å². The number of nitriles is 1. The predicted molar refractivity (Wildman–Crippen MR) is 106 cm³/mol. The second kappa shape index (κ2) is 8.19. The predicted octanol–water partition coefficient (Wildman–Crippen LogP) is 3.93. The second-order valence-corrected chi connectivity index (χ2v) is 9.30. The van der Waals surface area contributed by atoms with E-state index in [-0.39, 0.29) is 33.8 Å². The standard InChI is InChI=1S/C20H21N3O5S/c1-14-9-15(2)13-22(12-14)29(26,27)17-7-8-20(18(10-17)23(24)25)28-19-6-4-3-5-16(19)11-21/h3-8,10,14-15H,9,12-13H2,1-2H3/t14-,15-/m1/s1. The molecule has 2 aromatic rings. The Morgan fingerprint density at radius 1 is 1.14 bits per heavy atom. The third-order valence-electron chi connectivity index (χ3n) is 4.83. The van der Waals surface area contributed by atoms with Gasteiger partial charge in [-0.25, -0.2) is 8.42 Å². The lowest BCUT2D eigenvalue weighted by Gasteiger charge is -2.34. The maximum atomic E-state index is 13.0. The molecular weight excluding hydrogens is 394 g/mol. The molecule has 9 heteroatoms. The highest BCUT2D eigenvalue weighted by Crippen LogP contribution is 2.36. The summed E-state index contributed by atoms with van der Waals surface area (Å²) in [5.41, 5.74) is -0.258. The van der Waals surface area contributed by atoms with Crippen LogP contribution < -0.4 is 4.74 Å². The molecule has 0 aromatic heterocycles. The topological polar surface area (TPSA) is 114 Å². The number of nitro groups is 1. The van der Waals surface area contributed by atoms with Gasteiger partial charge in [0.25, 0.3) is 0 Å². The number of benzene rings is 2. The van der Waals surface area contributed by atoms with Crippen LogP contribution in [0, 0.1) is 33.3 Å². The molecule has 0 radical (unpaired) electrons. The van der Waals surface area contributed by atoms with Crippen molar-refractivity contribution >= 4 is 15.7 Å². The van der Waals surface area contributed by atoms with E-state index in [4.69, 9.17) is 10.00 Å². The van der Waals surface area contributed by atoms with E-state index in [2.05, 4.69) is 0 Å². The molecule has 0 unspecified atom stereocenters. The van der Waals surface area contributed by atoms with E-state index >= 15 is 0 Å². The Kier molecular flexibility index (Phi) is 5.86. The molecule has 1 saturated heterocycles. The van der Waals surface area contributed by atoms with Crippen LogP contribution in [0.4, 0.5) is 5.69 Å². The Labute approximate surface area is 169 Å². The molecule has 8 nitrogen and oxygen atoms in total. The lowest BCUT2D eigenvalue weighted by molar-refractivity contribution is -0.385. The van der Waals surface area contributed by atoms with Gasteiger partial charge in [0.05, 0.1) is 15.4 Å². The lowest BCUT2D eigenvalue weighted by atomic mass is 9.94. The summed E-state index contributed by atoms with van der Waals surface area (Å²) in [5, 5.41) is 20.7. The number of ether oxygens (including phenoxy) is 1. The largest absolute Gasteiger partial charge is 0.449 e. The molecule has 0 aliphatic carbocycles. The van der Waals surface area contributed by atoms with Gasteiger partial charge in [0, 0.05) is 19.2 Å². The molecule has 1 aliphatic rings. The highest BCUT2D eigenvalue weighted by atomic mass is 32.2. The van der Waals surface area contributed by atoms with Crippen LogP contribution >= 0.6 is 0 Å². The quantitative estimate of drug-likeness (QED) is 0.540. The van der Waals surface area contributed by atoms with Crippen LogP contribution in [0.2, 0.25) is 0 Å². The van der Waals surface area contributed by atoms with Gasteiger partial charge in [-0.2, -0.15) is 9.57 Å². The van der Waals surface area contributed by atoms with Crippen LogP contribution in [-0.4, -0.2) is 30.7 Å². The summed E-state index contributed by atoms with van der Waals surface area (Å²) < 4.78 is 33.0. The van der Waals surface area contributed by atoms with Gasteiger partial charge in [-0.3, -0.25) is 10.1 Å². The van der Waals surface area contributed by atoms with Crippen molar-refractivity contribution in [2.75, 3.05) is 13.1 Å². The lowest BCUT2D eigenvalue weighted by Crippen LogP contribution is -2.42. The third kappa shape index (κ3) is 4.39. The van der Waals surface area contributed by atoms with Gasteiger partial charge in [0.1, 0.15) is 11.8 Å². The average Bonchev–Trinajstić information content (AvgIpc) is 2.67. The van der Waals surface area contributed by atoms with Crippen molar-refractivity contribution in [3.8, 4) is 17.6 Å². The molecule has 3 rings (SSSR count). The number of hydrogen-bond acceptors (Lipinski definition) is 6. The molecule has 0 spiro atoms. The first kappa shape index (κ1) is 20.8. The SMILES string of the molecule is C[C@@H]1C[C@@H](C)CN(S(=O)(=O)c2ccc(Oc3ccccc3C#N)c([N+](=O)[O-])c2)C1. The molecule has 2 atom stereocenters. The summed E-state index contributed by atoms with van der Waals surface area (Å²) in [7, 11) is -3.87. The zero-order valence-corrected chi connectivity index (χ0v) is 16.9. The molecule has 1 aliphatic heterocycles. The highest BCUT2D eigenvalue weighted by Gasteiger charge is 2.33. The monoisotopic (exact) mass is 415 g/mol. The zero-order chi connectivity index (χ0) is 21.2. The van der Waals surface area contributed by atoms with Crippen LogP contribution in [0.3, 0.4) is 0 Å². The minimum Gasteiger partial charge on any atom is -0.449 e. The average molecular weight is 415 g/mol. The number of sulfonamides is 1. The molecule has 29 heavy (non-hydrogen) atoms. The fourth-order valence-corrected chi connectivity index (χ4v) is 5.30. The summed E-state index contributed by atoms with van der Waals surface area (Å²) >= 11 is 0. The molecule has 2 aromatic carbocycles. The summed E-state index contributed by atoms with van der Waals surface area (Å²) in [4.78, 5) is 10.7. The fourth-order valence-electron chi connectivity index (χ4n) is 3.60. The summed E-state index contributed by atoms with van der Waals surface area (Å²) in [6.07, 6.45) is 0.942. The van der Waals surface area contributed by atoms with Crippen molar-refractivity contribution in [3.05, 3.63) is 58.1 Å². The number of para-hydroxylation sites is 1. The number of nitrogens with zero attached hydrogens (tertiary/aromatic N) is 3. The molecule has 0 saturated carbocycles. The van der Waals surface area contributed by atoms with Crippen LogP contribution in [0.25, 0.3) is 0 Å². The smallest absolute Gasteiger partial charge is 0.312 e. The van der Waals surface area contributed by atoms with Crippen molar-refractivity contribution in [2.45, 2.75) is 25.2 Å². The molecule has 152 valence electrons. The minimum absolute atomic E-state index is 0.128. The van der Waals surface area contributed by atoms with E-state index in [1.807, 2.05) is 19.9 Å². The second-order valence-electron chi connectivity index (χ2n) is 7.36. The summed E-state index contributed by atoms with van der Waals surface area (Å²) in [5.74, 6) is 0.464. The van der Waals surface area contributed by atoms with Gasteiger partial charge in [-0.05, 0) is 42.5 Å². The fraction of sp³-hybridized carbons (Fsp3) is 0.350. The highest BCUT2D eigenvalue weighted by molar-refractivity contribution is 7.89. The number of hydrogen-bond donors (Lipinski definition) is 0. The Bertz CT molecular complexity index is 1070. The molecule has 0 bridgehead atoms. The maximum absolute atomic E-state index is 13.0. The van der Waals surface area contributed by atoms with Crippen LogP contribution in [-0.2, 0) is 10.0 Å². The van der Waals surface area contributed by atoms with Crippen LogP contribution in [0.5, 0.6) is 11.5 Å². The summed E-state index contributed by atoms with van der Waals surface area (Å²) in [6, 6.07) is 11.9. The molecule has 0 N–H and O–H groups in total. The Hall–Kier alpha value is -2.96. The van der Waals surface area contributed by atoms with Gasteiger partial charge < -0.3 is 4.74 Å². The van der Waals surface area contributed by atoms with E-state index in [0.717, 1.165) is 12.5 Å². The van der Waals surface area contributed by atoms with Crippen LogP contribution in [0.15, 0.2) is 47.4 Å². The van der Waals surface area contributed by atoms with Crippen molar-refractivity contribution in [2.24, 2.45) is 11.8 Å². The first-order valence-corrected chi connectivity index (χ1v) is 10.6. The Balaban J connectivity index is 1.98. The number of piperidine rings is 1. The molecule has 1 fully saturated rings. The number of nitro benzene ring substituents is 1. The third-order valence-corrected chi connectivity index (χ3v) is 6.66. The van der Waals surface area contributed by atoms with Gasteiger partial charge in [-0.1, -0.05) is 26.0 Å². The van der Waals surface area contributed by atoms with Crippen LogP contribution in [0.1, 0.15) is 25.8 Å². The molecule has 1 heterocycles. The van der Waals surface area contributed by atoms with Crippen molar-refractivity contribution in [1.82, 2.24) is 4.31 Å². The van der Waals surface area contributed by atoms with Gasteiger partial charge in [-0.15, -0.1) is 0 Å². The Morgan fingerprint density at radius 2 is 1.79 bits per heavy atom. The maximum Gasteiger partial charge on any atom is 0.312 e. The van der Waals surface area contributed by atoms with E-state index in [1.54, 1.807) is 12.1 Å². The van der Waals surface area contributed by atoms with E-state index in [0.29, 0.717) is 13.1 Å². The number of rotatable bonds is 5. The minimum atomic E-state index is -3.87. The first-order chi connectivity index (χ1) is 13.7. The summed E-state index contributed by atoms with van der Waals surface area (Å²) in [6.45, 7) is 4.75. The van der Waals surface area contributed by atoms with Crippen molar-refractivity contribution in [1.29, 1.82) is 5.26 Å². The van der Waals surface area contributed by atoms with Gasteiger partial charge >= 0.3 is 5.69 Å². The van der Waals surface area contributed by atoms with Crippen molar-refractivity contribution < 1.29 is 18.1 Å². The van der Waals surface area contributed by atoms with E-state index in [9.17, 15) is 18.5 Å². The van der Waals surface area contributed by atoms with E-state index < -0.39 is 20.6 Å². The first-order valence-electron chi connectivity index (χ1n) is 9.18. The molecular formula is C20H21N3O5S. The zero-order valence-electron chi connectivity index (χ0n) is 16.1. The van der Waals surface area contributed by atoms with Crippen molar-refractivity contribution in [3.63, 3.8) is 0 Å². The van der Waals surface area contributed by atoms with Gasteiger partial charge in [0.2, 0.25) is 15.8 Å². The normalized spacial score (nSPS) is 20.0.